The normalized spacial score (nSPS) is 20.1. The zero-order chi connectivity index (χ0) is 10.7. The molecule has 1 heterocycles. The molecule has 0 spiro atoms. The molecule has 0 aliphatic carbocycles. The molecule has 0 radical (unpaired) electrons. The van der Waals surface area contributed by atoms with Crippen LogP contribution in [-0.4, -0.2) is 24.0 Å². The summed E-state index contributed by atoms with van der Waals surface area (Å²) >= 11 is 0. The molecule has 1 aromatic carbocycles. The average Bonchev–Trinajstić information content (AvgIpc) is 2.82. The number of hydrogen-bond donors (Lipinski definition) is 0. The van der Waals surface area contributed by atoms with Gasteiger partial charge in [0, 0.05) is 0 Å². The average molecular weight is 211 g/mol. The summed E-state index contributed by atoms with van der Waals surface area (Å²) in [5.74, 6) is 0. The van der Waals surface area contributed by atoms with Gasteiger partial charge in [-0.15, -0.1) is 0 Å². The summed E-state index contributed by atoms with van der Waals surface area (Å²) in [4.78, 5) is 2.31. The van der Waals surface area contributed by atoms with Crippen LogP contribution in [0.25, 0.3) is 0 Å². The third kappa shape index (κ3) is 3.12. The van der Waals surface area contributed by atoms with Gasteiger partial charge in [0.15, 0.2) is 0 Å². The van der Waals surface area contributed by atoms with Crippen molar-refractivity contribution in [3.05, 3.63) is 35.9 Å². The van der Waals surface area contributed by atoms with E-state index in [1.807, 2.05) is 30.3 Å². The van der Waals surface area contributed by atoms with Crippen LogP contribution in [0.1, 0.15) is 31.4 Å². The molecule has 16 heavy (non-hydrogen) atoms. The Labute approximate surface area is 110 Å². The predicted octanol–water partition coefficient (Wildman–Crippen LogP) is -1.42. The molecule has 0 bridgehead atoms. The molecular formula is C13H18LiNO. The van der Waals surface area contributed by atoms with E-state index in [1.165, 1.54) is 12.8 Å². The van der Waals surface area contributed by atoms with E-state index in [4.69, 9.17) is 0 Å². The third-order valence-corrected chi connectivity index (χ3v) is 3.28. The molecule has 1 aliphatic rings. The second kappa shape index (κ2) is 6.47. The van der Waals surface area contributed by atoms with E-state index in [0.717, 1.165) is 18.7 Å². The second-order valence-corrected chi connectivity index (χ2v) is 4.31. The second-order valence-electron chi connectivity index (χ2n) is 4.31. The van der Waals surface area contributed by atoms with Gasteiger partial charge in [0.2, 0.25) is 0 Å². The van der Waals surface area contributed by atoms with Crippen molar-refractivity contribution in [2.24, 2.45) is 0 Å². The molecular weight excluding hydrogens is 193 g/mol. The molecule has 82 valence electrons. The van der Waals surface area contributed by atoms with E-state index in [1.54, 1.807) is 0 Å². The quantitative estimate of drug-likeness (QED) is 0.573. The van der Waals surface area contributed by atoms with Crippen molar-refractivity contribution in [3.8, 4) is 0 Å². The Bertz CT molecular complexity index is 298. The van der Waals surface area contributed by atoms with Crippen LogP contribution in [0.3, 0.4) is 0 Å². The summed E-state index contributed by atoms with van der Waals surface area (Å²) in [6, 6.07) is 9.83. The summed E-state index contributed by atoms with van der Waals surface area (Å²) < 4.78 is 0. The Morgan fingerprint density at radius 2 is 1.69 bits per heavy atom. The van der Waals surface area contributed by atoms with Crippen LogP contribution in [0, 0.1) is 0 Å². The summed E-state index contributed by atoms with van der Waals surface area (Å²) in [6.07, 6.45) is 1.88. The van der Waals surface area contributed by atoms with Gasteiger partial charge in [-0.05, 0) is 32.0 Å². The first-order chi connectivity index (χ1) is 7.29. The van der Waals surface area contributed by atoms with Gasteiger partial charge in [-0.25, -0.2) is 0 Å². The van der Waals surface area contributed by atoms with Crippen LogP contribution in [0.2, 0.25) is 0 Å². The summed E-state index contributed by atoms with van der Waals surface area (Å²) in [5.41, 5.74) is 0.914. The predicted molar refractivity (Wildman–Crippen MR) is 59.5 cm³/mol. The molecule has 1 aliphatic heterocycles. The number of likely N-dealkylation sites (tertiary alicyclic amines) is 1. The van der Waals surface area contributed by atoms with Gasteiger partial charge in [-0.1, -0.05) is 48.9 Å². The molecule has 1 saturated heterocycles. The van der Waals surface area contributed by atoms with Crippen molar-refractivity contribution in [1.29, 1.82) is 0 Å². The van der Waals surface area contributed by atoms with E-state index in [0.29, 0.717) is 0 Å². The minimum atomic E-state index is -0.607. The Hall–Kier alpha value is -0.263. The fraction of sp³-hybridized carbons (Fsp3) is 0.538. The SMILES string of the molecule is C[C@H]([C@@H]([O-])c1ccccc1)N1CCCC1.[Li+]. The molecule has 0 aromatic heterocycles. The van der Waals surface area contributed by atoms with Crippen molar-refractivity contribution < 1.29 is 24.0 Å². The van der Waals surface area contributed by atoms with Crippen LogP contribution in [0.15, 0.2) is 30.3 Å². The van der Waals surface area contributed by atoms with Crippen molar-refractivity contribution in [3.63, 3.8) is 0 Å². The minimum Gasteiger partial charge on any atom is -0.847 e. The van der Waals surface area contributed by atoms with E-state index >= 15 is 0 Å². The number of hydrogen-bond acceptors (Lipinski definition) is 2. The minimum absolute atomic E-state index is 0. The molecule has 0 saturated carbocycles. The van der Waals surface area contributed by atoms with Crippen LogP contribution >= 0.6 is 0 Å². The molecule has 2 nitrogen and oxygen atoms in total. The van der Waals surface area contributed by atoms with Crippen molar-refractivity contribution in [2.75, 3.05) is 13.1 Å². The smallest absolute Gasteiger partial charge is 0.847 e. The van der Waals surface area contributed by atoms with Gasteiger partial charge >= 0.3 is 18.9 Å². The Balaban J connectivity index is 0.00000128. The summed E-state index contributed by atoms with van der Waals surface area (Å²) in [6.45, 7) is 4.23. The van der Waals surface area contributed by atoms with E-state index in [9.17, 15) is 5.11 Å². The van der Waals surface area contributed by atoms with E-state index in [2.05, 4.69) is 11.8 Å². The van der Waals surface area contributed by atoms with E-state index < -0.39 is 6.10 Å². The fourth-order valence-corrected chi connectivity index (χ4v) is 2.26. The summed E-state index contributed by atoms with van der Waals surface area (Å²) in [5, 5.41) is 12.2. The Morgan fingerprint density at radius 3 is 2.25 bits per heavy atom. The number of nitrogens with zero attached hydrogens (tertiary/aromatic N) is 1. The molecule has 1 aromatic rings. The maximum Gasteiger partial charge on any atom is 1.00 e. The van der Waals surface area contributed by atoms with Crippen LogP contribution < -0.4 is 24.0 Å². The van der Waals surface area contributed by atoms with Gasteiger partial charge in [-0.2, -0.15) is 0 Å². The molecule has 2 atom stereocenters. The van der Waals surface area contributed by atoms with Gasteiger partial charge in [0.25, 0.3) is 0 Å². The van der Waals surface area contributed by atoms with Crippen molar-refractivity contribution in [1.82, 2.24) is 4.90 Å². The maximum absolute atomic E-state index is 12.2. The Morgan fingerprint density at radius 1 is 1.12 bits per heavy atom. The van der Waals surface area contributed by atoms with Gasteiger partial charge < -0.3 is 10.0 Å². The van der Waals surface area contributed by atoms with Crippen LogP contribution in [0.4, 0.5) is 0 Å². The monoisotopic (exact) mass is 211 g/mol. The molecule has 0 N–H and O–H groups in total. The largest absolute Gasteiger partial charge is 1.00 e. The molecule has 2 rings (SSSR count). The first-order valence-electron chi connectivity index (χ1n) is 5.74. The number of rotatable bonds is 3. The zero-order valence-corrected chi connectivity index (χ0v) is 10.2. The topological polar surface area (TPSA) is 26.3 Å². The van der Waals surface area contributed by atoms with Gasteiger partial charge in [-0.3, -0.25) is 0 Å². The third-order valence-electron chi connectivity index (χ3n) is 3.28. The van der Waals surface area contributed by atoms with Crippen LogP contribution in [-0.2, 0) is 0 Å². The molecule has 1 fully saturated rings. The maximum atomic E-state index is 12.2. The zero-order valence-electron chi connectivity index (χ0n) is 10.2. The first-order valence-corrected chi connectivity index (χ1v) is 5.74. The van der Waals surface area contributed by atoms with Gasteiger partial charge in [0.1, 0.15) is 0 Å². The number of benzene rings is 1. The molecule has 3 heteroatoms. The Kier molecular flexibility index (Phi) is 5.58. The van der Waals surface area contributed by atoms with Crippen LogP contribution in [0.5, 0.6) is 0 Å². The standard InChI is InChI=1S/C13H18NO.Li/c1-11(14-9-5-6-10-14)13(15)12-7-3-2-4-8-12;/h2-4,7-8,11,13H,5-6,9-10H2,1H3;/q-1;+1/t11-,13-;/m1./s1. The molecule has 0 amide bonds. The van der Waals surface area contributed by atoms with Gasteiger partial charge in [0.05, 0.1) is 0 Å². The molecule has 0 unspecified atom stereocenters. The van der Waals surface area contributed by atoms with Crippen molar-refractivity contribution in [2.45, 2.75) is 31.9 Å². The summed E-state index contributed by atoms with van der Waals surface area (Å²) in [7, 11) is 0. The van der Waals surface area contributed by atoms with E-state index in [-0.39, 0.29) is 24.9 Å². The first kappa shape index (κ1) is 13.8. The van der Waals surface area contributed by atoms with Crippen molar-refractivity contribution >= 4 is 0 Å². The fourth-order valence-electron chi connectivity index (χ4n) is 2.26.